The van der Waals surface area contributed by atoms with Crippen LogP contribution in [-0.4, -0.2) is 42.1 Å². The van der Waals surface area contributed by atoms with Gasteiger partial charge in [-0.2, -0.15) is 0 Å². The molecule has 0 aliphatic carbocycles. The Hall–Kier alpha value is -2.56. The van der Waals surface area contributed by atoms with Crippen LogP contribution >= 0.6 is 0 Å². The second kappa shape index (κ2) is 6.15. The number of carboxylic acids is 1. The summed E-state index contributed by atoms with van der Waals surface area (Å²) in [5.41, 5.74) is -0.294. The molecule has 1 aliphatic rings. The summed E-state index contributed by atoms with van der Waals surface area (Å²) in [6.45, 7) is 2.53. The minimum atomic E-state index is -0.879. The molecule has 24 heavy (non-hydrogen) atoms. The molecule has 126 valence electrons. The second-order valence-electron chi connectivity index (χ2n) is 6.56. The molecule has 0 saturated carbocycles. The maximum atomic E-state index is 13.0. The Balaban J connectivity index is 1.99. The molecule has 2 aromatic carbocycles. The topological polar surface area (TPSA) is 66.8 Å². The molecule has 0 bridgehead atoms. The number of aliphatic carboxylic acids is 1. The predicted molar refractivity (Wildman–Crippen MR) is 91.4 cm³/mol. The Morgan fingerprint density at radius 3 is 2.54 bits per heavy atom. The van der Waals surface area contributed by atoms with Gasteiger partial charge in [0.2, 0.25) is 0 Å². The van der Waals surface area contributed by atoms with Gasteiger partial charge in [-0.3, -0.25) is 9.59 Å². The first-order chi connectivity index (χ1) is 11.5. The summed E-state index contributed by atoms with van der Waals surface area (Å²) in [4.78, 5) is 26.2. The van der Waals surface area contributed by atoms with Gasteiger partial charge < -0.3 is 14.7 Å². The van der Waals surface area contributed by atoms with E-state index in [1.54, 1.807) is 31.1 Å². The lowest BCUT2D eigenvalue weighted by atomic mass is 9.82. The number of methoxy groups -OCH3 is 1. The summed E-state index contributed by atoms with van der Waals surface area (Å²) >= 11 is 0. The molecule has 1 N–H and O–H groups in total. The molecule has 1 unspecified atom stereocenters. The number of carbonyl (C=O) groups is 2. The van der Waals surface area contributed by atoms with Crippen molar-refractivity contribution in [3.05, 3.63) is 42.0 Å². The highest BCUT2D eigenvalue weighted by molar-refractivity contribution is 6.08. The number of piperidine rings is 1. The van der Waals surface area contributed by atoms with Gasteiger partial charge in [-0.25, -0.2) is 0 Å². The minimum Gasteiger partial charge on any atom is -0.496 e. The van der Waals surface area contributed by atoms with E-state index >= 15 is 0 Å². The van der Waals surface area contributed by atoms with Gasteiger partial charge in [0.15, 0.2) is 0 Å². The van der Waals surface area contributed by atoms with E-state index in [9.17, 15) is 14.7 Å². The average Bonchev–Trinajstić information content (AvgIpc) is 2.60. The molecule has 1 aliphatic heterocycles. The van der Waals surface area contributed by atoms with Crippen molar-refractivity contribution in [3.8, 4) is 5.75 Å². The van der Waals surface area contributed by atoms with Gasteiger partial charge in [0.25, 0.3) is 5.91 Å². The van der Waals surface area contributed by atoms with Gasteiger partial charge in [-0.05, 0) is 37.3 Å². The van der Waals surface area contributed by atoms with E-state index in [1.165, 1.54) is 0 Å². The number of benzene rings is 2. The molecular weight excluding hydrogens is 306 g/mol. The summed E-state index contributed by atoms with van der Waals surface area (Å²) < 4.78 is 5.37. The van der Waals surface area contributed by atoms with Crippen molar-refractivity contribution in [3.63, 3.8) is 0 Å². The zero-order chi connectivity index (χ0) is 17.3. The van der Waals surface area contributed by atoms with E-state index in [0.717, 1.165) is 16.5 Å². The lowest BCUT2D eigenvalue weighted by molar-refractivity contribution is -0.150. The summed E-state index contributed by atoms with van der Waals surface area (Å²) in [6, 6.07) is 11.2. The van der Waals surface area contributed by atoms with Crippen LogP contribution in [0, 0.1) is 5.41 Å². The number of likely N-dealkylation sites (tertiary alicyclic amines) is 1. The maximum absolute atomic E-state index is 13.0. The fourth-order valence-corrected chi connectivity index (χ4v) is 3.39. The summed E-state index contributed by atoms with van der Waals surface area (Å²) in [7, 11) is 1.60. The molecule has 1 atom stereocenters. The lowest BCUT2D eigenvalue weighted by Crippen LogP contribution is -2.48. The zero-order valence-electron chi connectivity index (χ0n) is 13.9. The van der Waals surface area contributed by atoms with E-state index in [0.29, 0.717) is 24.9 Å². The maximum Gasteiger partial charge on any atom is 0.311 e. The third kappa shape index (κ3) is 2.70. The van der Waals surface area contributed by atoms with Crippen LogP contribution in [0.1, 0.15) is 30.1 Å². The Kier molecular flexibility index (Phi) is 4.18. The van der Waals surface area contributed by atoms with Gasteiger partial charge in [0.1, 0.15) is 5.75 Å². The van der Waals surface area contributed by atoms with E-state index < -0.39 is 11.4 Å². The van der Waals surface area contributed by atoms with E-state index in [-0.39, 0.29) is 12.5 Å². The van der Waals surface area contributed by atoms with E-state index in [1.807, 2.05) is 24.3 Å². The van der Waals surface area contributed by atoms with Gasteiger partial charge in [0.05, 0.1) is 12.5 Å². The first-order valence-electron chi connectivity index (χ1n) is 8.05. The fraction of sp³-hybridized carbons (Fsp3) is 0.368. The van der Waals surface area contributed by atoms with Crippen molar-refractivity contribution in [2.75, 3.05) is 20.2 Å². The quantitative estimate of drug-likeness (QED) is 0.940. The van der Waals surface area contributed by atoms with Crippen molar-refractivity contribution in [2.45, 2.75) is 19.8 Å². The summed E-state index contributed by atoms with van der Waals surface area (Å²) in [5.74, 6) is -0.253. The van der Waals surface area contributed by atoms with Crippen molar-refractivity contribution in [1.29, 1.82) is 0 Å². The number of fused-ring (bicyclic) bond motifs is 1. The van der Waals surface area contributed by atoms with Crippen LogP contribution in [0.5, 0.6) is 5.75 Å². The SMILES string of the molecule is COc1ccc(C(=O)N2CCCC(C)(C(=O)O)C2)c2ccccc12. The van der Waals surface area contributed by atoms with Crippen LogP contribution < -0.4 is 4.74 Å². The molecule has 1 fully saturated rings. The molecule has 1 amide bonds. The largest absolute Gasteiger partial charge is 0.496 e. The molecule has 5 nitrogen and oxygen atoms in total. The fourth-order valence-electron chi connectivity index (χ4n) is 3.39. The predicted octanol–water partition coefficient (Wildman–Crippen LogP) is 3.18. The third-order valence-corrected chi connectivity index (χ3v) is 4.83. The van der Waals surface area contributed by atoms with Crippen molar-refractivity contribution < 1.29 is 19.4 Å². The van der Waals surface area contributed by atoms with Gasteiger partial charge in [-0.1, -0.05) is 24.3 Å². The number of carbonyl (C=O) groups excluding carboxylic acids is 1. The average molecular weight is 327 g/mol. The Morgan fingerprint density at radius 1 is 1.17 bits per heavy atom. The third-order valence-electron chi connectivity index (χ3n) is 4.83. The highest BCUT2D eigenvalue weighted by atomic mass is 16.5. The molecule has 1 heterocycles. The zero-order valence-corrected chi connectivity index (χ0v) is 13.9. The lowest BCUT2D eigenvalue weighted by Gasteiger charge is -2.37. The molecule has 5 heteroatoms. The Morgan fingerprint density at radius 2 is 1.88 bits per heavy atom. The summed E-state index contributed by atoms with van der Waals surface area (Å²) in [6.07, 6.45) is 1.29. The minimum absolute atomic E-state index is 0.124. The number of rotatable bonds is 3. The highest BCUT2D eigenvalue weighted by Gasteiger charge is 2.39. The Bertz CT molecular complexity index is 801. The smallest absolute Gasteiger partial charge is 0.311 e. The first-order valence-corrected chi connectivity index (χ1v) is 8.05. The number of carboxylic acid groups (broad SMARTS) is 1. The normalized spacial score (nSPS) is 20.8. The van der Waals surface area contributed by atoms with E-state index in [4.69, 9.17) is 4.74 Å². The van der Waals surface area contributed by atoms with Crippen molar-refractivity contribution in [1.82, 2.24) is 4.90 Å². The van der Waals surface area contributed by atoms with Crippen molar-refractivity contribution in [2.24, 2.45) is 5.41 Å². The number of ether oxygens (including phenoxy) is 1. The van der Waals surface area contributed by atoms with Crippen LogP contribution in [0.3, 0.4) is 0 Å². The second-order valence-corrected chi connectivity index (χ2v) is 6.56. The first kappa shape index (κ1) is 16.3. The Labute approximate surface area is 140 Å². The number of nitrogens with zero attached hydrogens (tertiary/aromatic N) is 1. The molecular formula is C19H21NO4. The molecule has 0 aromatic heterocycles. The van der Waals surface area contributed by atoms with Crippen molar-refractivity contribution >= 4 is 22.6 Å². The molecule has 2 aromatic rings. The van der Waals surface area contributed by atoms with Crippen LogP contribution in [0.15, 0.2) is 36.4 Å². The van der Waals surface area contributed by atoms with Gasteiger partial charge in [-0.15, -0.1) is 0 Å². The molecule has 0 radical (unpaired) electrons. The number of hydrogen-bond donors (Lipinski definition) is 1. The summed E-state index contributed by atoms with van der Waals surface area (Å²) in [5, 5.41) is 11.2. The van der Waals surface area contributed by atoms with Crippen LogP contribution in [0.2, 0.25) is 0 Å². The molecule has 3 rings (SSSR count). The molecule has 0 spiro atoms. The van der Waals surface area contributed by atoms with Gasteiger partial charge >= 0.3 is 5.97 Å². The van der Waals surface area contributed by atoms with E-state index in [2.05, 4.69) is 0 Å². The number of amides is 1. The van der Waals surface area contributed by atoms with Gasteiger partial charge in [0, 0.05) is 24.0 Å². The molecule has 1 saturated heterocycles. The standard InChI is InChI=1S/C19H21NO4/c1-19(18(22)23)10-5-11-20(12-19)17(21)15-8-9-16(24-2)14-7-4-3-6-13(14)15/h3-4,6-9H,5,10-12H2,1-2H3,(H,22,23). The number of hydrogen-bond acceptors (Lipinski definition) is 3. The van der Waals surface area contributed by atoms with Crippen LogP contribution in [0.25, 0.3) is 10.8 Å². The van der Waals surface area contributed by atoms with Crippen LogP contribution in [0.4, 0.5) is 0 Å². The monoisotopic (exact) mass is 327 g/mol. The van der Waals surface area contributed by atoms with Crippen LogP contribution in [-0.2, 0) is 4.79 Å². The highest BCUT2D eigenvalue weighted by Crippen LogP contribution is 2.33.